The molecule has 0 heterocycles. The van der Waals surface area contributed by atoms with Crippen LogP contribution in [0.5, 0.6) is 5.75 Å². The molecule has 0 saturated carbocycles. The van der Waals surface area contributed by atoms with E-state index in [-0.39, 0.29) is 22.5 Å². The average molecular weight is 436 g/mol. The number of anilines is 2. The van der Waals surface area contributed by atoms with Gasteiger partial charge in [-0.3, -0.25) is 14.9 Å². The van der Waals surface area contributed by atoms with E-state index < -0.39 is 4.92 Å². The number of nitrogens with one attached hydrogen (secondary N) is 3. The number of non-ortho nitro benzene ring substituents is 1. The van der Waals surface area contributed by atoms with E-state index in [9.17, 15) is 14.9 Å². The van der Waals surface area contributed by atoms with Gasteiger partial charge in [0.05, 0.1) is 23.8 Å². The Morgan fingerprint density at radius 1 is 1.03 bits per heavy atom. The first-order valence-electron chi connectivity index (χ1n) is 9.29. The predicted octanol–water partition coefficient (Wildman–Crippen LogP) is 4.34. The molecule has 9 heteroatoms. The second-order valence-electron chi connectivity index (χ2n) is 6.47. The zero-order valence-corrected chi connectivity index (χ0v) is 17.4. The van der Waals surface area contributed by atoms with Gasteiger partial charge in [0.15, 0.2) is 5.11 Å². The molecule has 0 unspecified atom stereocenters. The van der Waals surface area contributed by atoms with Gasteiger partial charge in [-0.15, -0.1) is 0 Å². The van der Waals surface area contributed by atoms with Crippen LogP contribution in [0.1, 0.15) is 15.9 Å². The number of carbonyl (C=O) groups excluding carboxylic acids is 1. The molecular formula is C22H20N4O4S. The smallest absolute Gasteiger partial charge is 0.273 e. The minimum Gasteiger partial charge on any atom is -0.494 e. The van der Waals surface area contributed by atoms with Gasteiger partial charge in [-0.05, 0) is 42.0 Å². The van der Waals surface area contributed by atoms with Crippen molar-refractivity contribution in [3.05, 3.63) is 94.0 Å². The third-order valence-corrected chi connectivity index (χ3v) is 4.53. The lowest BCUT2D eigenvalue weighted by Crippen LogP contribution is -2.23. The molecule has 3 aromatic rings. The molecular weight excluding hydrogens is 416 g/mol. The van der Waals surface area contributed by atoms with Crippen molar-refractivity contribution in [2.45, 2.75) is 6.54 Å². The predicted molar refractivity (Wildman–Crippen MR) is 124 cm³/mol. The third kappa shape index (κ3) is 6.00. The van der Waals surface area contributed by atoms with Crippen LogP contribution in [0.2, 0.25) is 0 Å². The van der Waals surface area contributed by atoms with E-state index in [2.05, 4.69) is 16.0 Å². The molecule has 158 valence electrons. The van der Waals surface area contributed by atoms with Crippen LogP contribution in [0.15, 0.2) is 72.8 Å². The maximum absolute atomic E-state index is 12.5. The topological polar surface area (TPSA) is 106 Å². The molecule has 0 aliphatic carbocycles. The van der Waals surface area contributed by atoms with Crippen LogP contribution in [0.4, 0.5) is 17.1 Å². The molecule has 3 rings (SSSR count). The number of ether oxygens (including phenoxy) is 1. The highest BCUT2D eigenvalue weighted by Crippen LogP contribution is 2.29. The number of nitro benzene ring substituents is 1. The SMILES string of the molecule is COc1cc([N+](=O)[O-])ccc1NC(=S)Nc1cccc(C(=O)NCc2ccccc2)c1. The van der Waals surface area contributed by atoms with Crippen LogP contribution in [0, 0.1) is 10.1 Å². The van der Waals surface area contributed by atoms with Gasteiger partial charge in [0.1, 0.15) is 5.75 Å². The quantitative estimate of drug-likeness (QED) is 0.287. The Labute approximate surface area is 184 Å². The molecule has 3 N–H and O–H groups in total. The van der Waals surface area contributed by atoms with E-state index in [1.165, 1.54) is 25.3 Å². The van der Waals surface area contributed by atoms with Crippen LogP contribution in [-0.2, 0) is 6.54 Å². The van der Waals surface area contributed by atoms with Gasteiger partial charge >= 0.3 is 0 Å². The summed E-state index contributed by atoms with van der Waals surface area (Å²) in [5, 5.41) is 20.0. The van der Waals surface area contributed by atoms with Crippen molar-refractivity contribution >= 4 is 40.3 Å². The van der Waals surface area contributed by atoms with E-state index in [0.29, 0.717) is 23.5 Å². The molecule has 31 heavy (non-hydrogen) atoms. The number of nitrogens with zero attached hydrogens (tertiary/aromatic N) is 1. The Kier molecular flexibility index (Phi) is 7.13. The summed E-state index contributed by atoms with van der Waals surface area (Å²) >= 11 is 5.32. The van der Waals surface area contributed by atoms with Crippen LogP contribution in [0.3, 0.4) is 0 Å². The summed E-state index contributed by atoms with van der Waals surface area (Å²) in [5.74, 6) is 0.0795. The van der Waals surface area contributed by atoms with Crippen LogP contribution in [0.25, 0.3) is 0 Å². The summed E-state index contributed by atoms with van der Waals surface area (Å²) in [4.78, 5) is 22.9. The highest BCUT2D eigenvalue weighted by atomic mass is 32.1. The Balaban J connectivity index is 1.63. The largest absolute Gasteiger partial charge is 0.494 e. The molecule has 0 fully saturated rings. The monoisotopic (exact) mass is 436 g/mol. The van der Waals surface area contributed by atoms with E-state index in [1.807, 2.05) is 30.3 Å². The van der Waals surface area contributed by atoms with Crippen molar-refractivity contribution in [1.82, 2.24) is 5.32 Å². The normalized spacial score (nSPS) is 10.1. The lowest BCUT2D eigenvalue weighted by Gasteiger charge is -2.14. The van der Waals surface area contributed by atoms with E-state index >= 15 is 0 Å². The number of nitro groups is 1. The molecule has 1 amide bonds. The average Bonchev–Trinajstić information content (AvgIpc) is 2.78. The van der Waals surface area contributed by atoms with E-state index in [0.717, 1.165) is 5.56 Å². The fraction of sp³-hybridized carbons (Fsp3) is 0.0909. The summed E-state index contributed by atoms with van der Waals surface area (Å²) in [5.41, 5.74) is 2.49. The number of amides is 1. The third-order valence-electron chi connectivity index (χ3n) is 4.32. The van der Waals surface area contributed by atoms with Crippen LogP contribution in [-0.4, -0.2) is 23.1 Å². The number of benzene rings is 3. The minimum atomic E-state index is -0.503. The van der Waals surface area contributed by atoms with Crippen LogP contribution < -0.4 is 20.7 Å². The lowest BCUT2D eigenvalue weighted by molar-refractivity contribution is -0.384. The van der Waals surface area contributed by atoms with Gasteiger partial charge in [0.2, 0.25) is 0 Å². The Hall–Kier alpha value is -3.98. The maximum atomic E-state index is 12.5. The first kappa shape index (κ1) is 21.7. The Morgan fingerprint density at radius 2 is 1.81 bits per heavy atom. The van der Waals surface area contributed by atoms with Crippen molar-refractivity contribution in [3.63, 3.8) is 0 Å². The van der Waals surface area contributed by atoms with Gasteiger partial charge in [-0.25, -0.2) is 0 Å². The number of methoxy groups -OCH3 is 1. The molecule has 0 radical (unpaired) electrons. The molecule has 0 aromatic heterocycles. The highest BCUT2D eigenvalue weighted by molar-refractivity contribution is 7.80. The summed E-state index contributed by atoms with van der Waals surface area (Å²) in [7, 11) is 1.41. The molecule has 0 spiro atoms. The first-order chi connectivity index (χ1) is 15.0. The molecule has 0 aliphatic rings. The molecule has 3 aromatic carbocycles. The summed E-state index contributed by atoms with van der Waals surface area (Å²) in [6.07, 6.45) is 0. The minimum absolute atomic E-state index is 0.0875. The summed E-state index contributed by atoms with van der Waals surface area (Å²) in [6.45, 7) is 0.428. The van der Waals surface area contributed by atoms with E-state index in [4.69, 9.17) is 17.0 Å². The van der Waals surface area contributed by atoms with Crippen molar-refractivity contribution in [2.75, 3.05) is 17.7 Å². The van der Waals surface area contributed by atoms with Gasteiger partial charge in [0, 0.05) is 23.9 Å². The Bertz CT molecular complexity index is 1110. The van der Waals surface area contributed by atoms with Crippen LogP contribution >= 0.6 is 12.2 Å². The molecule has 0 atom stereocenters. The number of rotatable bonds is 7. The van der Waals surface area contributed by atoms with Gasteiger partial charge in [-0.2, -0.15) is 0 Å². The number of hydrogen-bond acceptors (Lipinski definition) is 5. The van der Waals surface area contributed by atoms with Crippen molar-refractivity contribution in [1.29, 1.82) is 0 Å². The number of hydrogen-bond donors (Lipinski definition) is 3. The molecule has 0 bridgehead atoms. The fourth-order valence-electron chi connectivity index (χ4n) is 2.80. The van der Waals surface area contributed by atoms with E-state index in [1.54, 1.807) is 24.3 Å². The van der Waals surface area contributed by atoms with Gasteiger partial charge in [0.25, 0.3) is 11.6 Å². The second kappa shape index (κ2) is 10.2. The summed E-state index contributed by atoms with van der Waals surface area (Å²) in [6, 6.07) is 20.7. The second-order valence-corrected chi connectivity index (χ2v) is 6.88. The maximum Gasteiger partial charge on any atom is 0.273 e. The van der Waals surface area contributed by atoms with Crippen molar-refractivity contribution in [3.8, 4) is 5.75 Å². The van der Waals surface area contributed by atoms with Gasteiger partial charge < -0.3 is 20.7 Å². The fourth-order valence-corrected chi connectivity index (χ4v) is 3.03. The number of carbonyl (C=O) groups is 1. The molecule has 8 nitrogen and oxygen atoms in total. The van der Waals surface area contributed by atoms with Gasteiger partial charge in [-0.1, -0.05) is 36.4 Å². The molecule has 0 saturated heterocycles. The Morgan fingerprint density at radius 3 is 2.52 bits per heavy atom. The standard InChI is InChI=1S/C22H20N4O4S/c1-30-20-13-18(26(28)29)10-11-19(20)25-22(31)24-17-9-5-8-16(12-17)21(27)23-14-15-6-3-2-4-7-15/h2-13H,14H2,1H3,(H,23,27)(H2,24,25,31). The number of thiocarbonyl (C=S) groups is 1. The zero-order valence-electron chi connectivity index (χ0n) is 16.6. The summed E-state index contributed by atoms with van der Waals surface area (Å²) < 4.78 is 5.19. The highest BCUT2D eigenvalue weighted by Gasteiger charge is 2.13. The molecule has 0 aliphatic heterocycles. The van der Waals surface area contributed by atoms with Crippen molar-refractivity contribution < 1.29 is 14.5 Å². The lowest BCUT2D eigenvalue weighted by atomic mass is 10.1. The first-order valence-corrected chi connectivity index (χ1v) is 9.69. The zero-order chi connectivity index (χ0) is 22.2. The van der Waals surface area contributed by atoms with Crippen molar-refractivity contribution in [2.24, 2.45) is 0 Å².